The van der Waals surface area contributed by atoms with Gasteiger partial charge in [0, 0.05) is 6.08 Å². The molecule has 0 heterocycles. The van der Waals surface area contributed by atoms with E-state index in [2.05, 4.69) is 5.32 Å². The molecule has 0 aliphatic carbocycles. The molecule has 2 atom stereocenters. The second kappa shape index (κ2) is 8.73. The highest BCUT2D eigenvalue weighted by molar-refractivity contribution is 5.92. The fourth-order valence-corrected chi connectivity index (χ4v) is 2.90. The van der Waals surface area contributed by atoms with E-state index in [0.717, 1.165) is 29.0 Å². The van der Waals surface area contributed by atoms with Crippen molar-refractivity contribution >= 4 is 22.8 Å². The van der Waals surface area contributed by atoms with Gasteiger partial charge >= 0.3 is 0 Å². The summed E-state index contributed by atoms with van der Waals surface area (Å²) in [5, 5.41) is 24.1. The molecule has 0 fully saturated rings. The van der Waals surface area contributed by atoms with Crippen LogP contribution in [0.15, 0.2) is 66.7 Å². The predicted molar refractivity (Wildman–Crippen MR) is 103 cm³/mol. The Morgan fingerprint density at radius 3 is 2.46 bits per heavy atom. The number of nitrogens with one attached hydrogen (secondary N) is 1. The molecule has 1 amide bonds. The van der Waals surface area contributed by atoms with Crippen molar-refractivity contribution < 1.29 is 23.8 Å². The maximum absolute atomic E-state index is 13.2. The number of aliphatic hydroxyl groups is 2. The van der Waals surface area contributed by atoms with Gasteiger partial charge in [-0.25, -0.2) is 8.78 Å². The Balaban J connectivity index is 1.80. The summed E-state index contributed by atoms with van der Waals surface area (Å²) in [6.45, 7) is -0.537. The summed E-state index contributed by atoms with van der Waals surface area (Å²) in [5.74, 6) is -2.52. The Kier molecular flexibility index (Phi) is 6.13. The van der Waals surface area contributed by atoms with Crippen molar-refractivity contribution in [2.45, 2.75) is 12.1 Å². The number of carbonyl (C=O) groups excluding carboxylic acids is 1. The number of carbonyl (C=O) groups is 1. The van der Waals surface area contributed by atoms with Crippen molar-refractivity contribution in [2.75, 3.05) is 6.61 Å². The first kappa shape index (κ1) is 19.7. The Morgan fingerprint density at radius 1 is 1.00 bits per heavy atom. The molecule has 0 aliphatic rings. The van der Waals surface area contributed by atoms with Crippen LogP contribution in [0, 0.1) is 11.6 Å². The van der Waals surface area contributed by atoms with Crippen LogP contribution >= 0.6 is 0 Å². The van der Waals surface area contributed by atoms with Crippen molar-refractivity contribution in [1.82, 2.24) is 5.32 Å². The number of rotatable bonds is 6. The summed E-state index contributed by atoms with van der Waals surface area (Å²) < 4.78 is 26.2. The molecule has 0 saturated heterocycles. The zero-order valence-electron chi connectivity index (χ0n) is 14.8. The molecule has 3 N–H and O–H groups in total. The van der Waals surface area contributed by atoms with Gasteiger partial charge < -0.3 is 15.5 Å². The summed E-state index contributed by atoms with van der Waals surface area (Å²) in [7, 11) is 0. The smallest absolute Gasteiger partial charge is 0.244 e. The molecule has 3 aromatic rings. The van der Waals surface area contributed by atoms with Crippen molar-refractivity contribution in [3.63, 3.8) is 0 Å². The number of fused-ring (bicyclic) bond motifs is 1. The van der Waals surface area contributed by atoms with E-state index < -0.39 is 36.3 Å². The van der Waals surface area contributed by atoms with Gasteiger partial charge in [-0.3, -0.25) is 4.79 Å². The SMILES string of the molecule is O=C(C=Cc1ccc(F)c(F)c1)NC(c1ccc2ccccc2c1)C(O)CO. The zero-order chi connectivity index (χ0) is 20.1. The van der Waals surface area contributed by atoms with E-state index in [0.29, 0.717) is 11.1 Å². The van der Waals surface area contributed by atoms with Crippen LogP contribution in [0.4, 0.5) is 8.78 Å². The highest BCUT2D eigenvalue weighted by Crippen LogP contribution is 2.23. The predicted octanol–water partition coefficient (Wildman–Crippen LogP) is 3.34. The van der Waals surface area contributed by atoms with Gasteiger partial charge in [0.1, 0.15) is 6.10 Å². The van der Waals surface area contributed by atoms with Crippen molar-refractivity contribution in [3.8, 4) is 0 Å². The average molecular weight is 383 g/mol. The van der Waals surface area contributed by atoms with Crippen LogP contribution in [0.1, 0.15) is 17.2 Å². The third kappa shape index (κ3) is 4.60. The lowest BCUT2D eigenvalue weighted by atomic mass is 9.98. The Bertz CT molecular complexity index is 1020. The molecule has 3 rings (SSSR count). The van der Waals surface area contributed by atoms with E-state index in [4.69, 9.17) is 0 Å². The second-order valence-electron chi connectivity index (χ2n) is 6.35. The molecule has 0 radical (unpaired) electrons. The third-order valence-electron chi connectivity index (χ3n) is 4.37. The quantitative estimate of drug-likeness (QED) is 0.572. The molecule has 2 unspecified atom stereocenters. The Labute approximate surface area is 160 Å². The van der Waals surface area contributed by atoms with Crippen molar-refractivity contribution in [3.05, 3.63) is 89.5 Å². The molecule has 6 heteroatoms. The molecule has 28 heavy (non-hydrogen) atoms. The van der Waals surface area contributed by atoms with E-state index in [-0.39, 0.29) is 0 Å². The maximum atomic E-state index is 13.2. The summed E-state index contributed by atoms with van der Waals surface area (Å²) in [6, 6.07) is 15.6. The molecule has 0 aliphatic heterocycles. The molecule has 0 saturated carbocycles. The van der Waals surface area contributed by atoms with E-state index in [9.17, 15) is 23.8 Å². The highest BCUT2D eigenvalue weighted by Gasteiger charge is 2.22. The minimum Gasteiger partial charge on any atom is -0.394 e. The number of amides is 1. The lowest BCUT2D eigenvalue weighted by Gasteiger charge is -2.23. The summed E-state index contributed by atoms with van der Waals surface area (Å²) in [6.07, 6.45) is 1.28. The lowest BCUT2D eigenvalue weighted by molar-refractivity contribution is -0.118. The maximum Gasteiger partial charge on any atom is 0.244 e. The van der Waals surface area contributed by atoms with Crippen LogP contribution in [-0.4, -0.2) is 28.8 Å². The second-order valence-corrected chi connectivity index (χ2v) is 6.35. The summed E-state index contributed by atoms with van der Waals surface area (Å²) in [5.41, 5.74) is 0.953. The zero-order valence-corrected chi connectivity index (χ0v) is 14.8. The van der Waals surface area contributed by atoms with Crippen LogP contribution in [0.2, 0.25) is 0 Å². The van der Waals surface area contributed by atoms with Gasteiger partial charge in [-0.2, -0.15) is 0 Å². The first-order valence-corrected chi connectivity index (χ1v) is 8.69. The standard InChI is InChI=1S/C22H19F2NO3/c23-18-9-5-14(11-19(18)24)6-10-21(28)25-22(20(27)13-26)17-8-7-15-3-1-2-4-16(15)12-17/h1-12,20,22,26-27H,13H2,(H,25,28). The van der Waals surface area contributed by atoms with Gasteiger partial charge in [0.25, 0.3) is 0 Å². The molecule has 0 aromatic heterocycles. The fraction of sp³-hybridized carbons (Fsp3) is 0.136. The number of hydrogen-bond donors (Lipinski definition) is 3. The van der Waals surface area contributed by atoms with Gasteiger partial charge in [0.05, 0.1) is 12.6 Å². The molecule has 3 aromatic carbocycles. The molecule has 4 nitrogen and oxygen atoms in total. The minimum atomic E-state index is -1.21. The van der Waals surface area contributed by atoms with Crippen LogP contribution in [0.5, 0.6) is 0 Å². The number of hydrogen-bond acceptors (Lipinski definition) is 3. The van der Waals surface area contributed by atoms with Crippen LogP contribution < -0.4 is 5.32 Å². The Morgan fingerprint density at radius 2 is 1.75 bits per heavy atom. The normalized spacial score (nSPS) is 13.6. The third-order valence-corrected chi connectivity index (χ3v) is 4.37. The van der Waals surface area contributed by atoms with Crippen LogP contribution in [0.3, 0.4) is 0 Å². The lowest BCUT2D eigenvalue weighted by Crippen LogP contribution is -2.37. The first-order valence-electron chi connectivity index (χ1n) is 8.69. The summed E-state index contributed by atoms with van der Waals surface area (Å²) >= 11 is 0. The van der Waals surface area contributed by atoms with E-state index in [1.165, 1.54) is 12.1 Å². The van der Waals surface area contributed by atoms with Gasteiger partial charge in [0.15, 0.2) is 11.6 Å². The van der Waals surface area contributed by atoms with Gasteiger partial charge in [-0.1, -0.05) is 42.5 Å². The van der Waals surface area contributed by atoms with Crippen LogP contribution in [0.25, 0.3) is 16.8 Å². The van der Waals surface area contributed by atoms with Crippen LogP contribution in [-0.2, 0) is 4.79 Å². The number of benzene rings is 3. The first-order chi connectivity index (χ1) is 13.5. The van der Waals surface area contributed by atoms with E-state index in [1.807, 2.05) is 36.4 Å². The molecular formula is C22H19F2NO3. The largest absolute Gasteiger partial charge is 0.394 e. The van der Waals surface area contributed by atoms with E-state index in [1.54, 1.807) is 6.07 Å². The van der Waals surface area contributed by atoms with Crippen molar-refractivity contribution in [1.29, 1.82) is 0 Å². The van der Waals surface area contributed by atoms with Crippen molar-refractivity contribution in [2.24, 2.45) is 0 Å². The topological polar surface area (TPSA) is 69.6 Å². The van der Waals surface area contributed by atoms with Gasteiger partial charge in [-0.05, 0) is 46.2 Å². The molecule has 0 spiro atoms. The molecule has 0 bridgehead atoms. The van der Waals surface area contributed by atoms with Gasteiger partial charge in [-0.15, -0.1) is 0 Å². The average Bonchev–Trinajstić information content (AvgIpc) is 2.72. The molecule has 144 valence electrons. The monoisotopic (exact) mass is 383 g/mol. The Hall–Kier alpha value is -3.09. The fourth-order valence-electron chi connectivity index (χ4n) is 2.90. The van der Waals surface area contributed by atoms with Gasteiger partial charge in [0.2, 0.25) is 5.91 Å². The highest BCUT2D eigenvalue weighted by atomic mass is 19.2. The number of halogens is 2. The number of aliphatic hydroxyl groups excluding tert-OH is 2. The van der Waals surface area contributed by atoms with E-state index >= 15 is 0 Å². The summed E-state index contributed by atoms with van der Waals surface area (Å²) in [4.78, 5) is 12.3. The minimum absolute atomic E-state index is 0.319. The molecular weight excluding hydrogens is 364 g/mol.